The minimum absolute atomic E-state index is 0.204. The monoisotopic (exact) mass is 217 g/mol. The summed E-state index contributed by atoms with van der Waals surface area (Å²) in [4.78, 5) is 22.7. The third kappa shape index (κ3) is 1.93. The van der Waals surface area contributed by atoms with E-state index in [-0.39, 0.29) is 18.1 Å². The topological polar surface area (TPSA) is 66.4 Å². The molecule has 14 heavy (non-hydrogen) atoms. The first-order valence-electron chi connectivity index (χ1n) is 4.65. The molecular weight excluding hydrogens is 202 g/mol. The van der Waals surface area contributed by atoms with E-state index in [1.54, 1.807) is 0 Å². The van der Waals surface area contributed by atoms with Gasteiger partial charge < -0.3 is 5.11 Å². The zero-order chi connectivity index (χ0) is 10.8. The summed E-state index contributed by atoms with van der Waals surface area (Å²) in [7, 11) is 0. The molecule has 0 spiro atoms. The Kier molecular flexibility index (Phi) is 3.55. The summed E-state index contributed by atoms with van der Waals surface area (Å²) in [5.74, 6) is -0.697. The van der Waals surface area contributed by atoms with E-state index < -0.39 is 11.5 Å². The van der Waals surface area contributed by atoms with E-state index >= 15 is 0 Å². The number of aliphatic carboxylic acids is 1. The first-order chi connectivity index (χ1) is 6.53. The second-order valence-electron chi connectivity index (χ2n) is 3.80. The standard InChI is InChI=1S/C9H15NO3S/c1-6-4-9(8(12)13,10-5-6)7(11)2-3-14/h6,10,14H,2-5H2,1H3,(H,12,13)/t6?,9-/m1/s1. The molecule has 0 radical (unpaired) electrons. The summed E-state index contributed by atoms with van der Waals surface area (Å²) in [5, 5.41) is 11.9. The Morgan fingerprint density at radius 2 is 2.29 bits per heavy atom. The third-order valence-electron chi connectivity index (χ3n) is 2.59. The van der Waals surface area contributed by atoms with Crippen molar-refractivity contribution in [1.82, 2.24) is 5.32 Å². The minimum atomic E-state index is -1.35. The van der Waals surface area contributed by atoms with Crippen LogP contribution in [0.15, 0.2) is 0 Å². The lowest BCUT2D eigenvalue weighted by atomic mass is 9.88. The second-order valence-corrected chi connectivity index (χ2v) is 4.24. The summed E-state index contributed by atoms with van der Waals surface area (Å²) in [5.41, 5.74) is -1.35. The van der Waals surface area contributed by atoms with E-state index in [1.165, 1.54) is 0 Å². The first kappa shape index (κ1) is 11.5. The molecule has 1 aliphatic rings. The van der Waals surface area contributed by atoms with Gasteiger partial charge in [-0.2, -0.15) is 12.6 Å². The number of carboxylic acids is 1. The summed E-state index contributed by atoms with van der Waals surface area (Å²) < 4.78 is 0. The molecular formula is C9H15NO3S. The molecule has 1 aliphatic heterocycles. The molecule has 0 saturated carbocycles. The van der Waals surface area contributed by atoms with Crippen LogP contribution in [0.25, 0.3) is 0 Å². The number of carbonyl (C=O) groups is 2. The van der Waals surface area contributed by atoms with Gasteiger partial charge in [-0.05, 0) is 24.6 Å². The van der Waals surface area contributed by atoms with Gasteiger partial charge in [-0.25, -0.2) is 4.79 Å². The minimum Gasteiger partial charge on any atom is -0.480 e. The average molecular weight is 217 g/mol. The molecule has 2 atom stereocenters. The largest absolute Gasteiger partial charge is 0.480 e. The first-order valence-corrected chi connectivity index (χ1v) is 5.29. The molecule has 4 nitrogen and oxygen atoms in total. The number of hydrogen-bond acceptors (Lipinski definition) is 4. The summed E-state index contributed by atoms with van der Waals surface area (Å²) in [6, 6.07) is 0. The van der Waals surface area contributed by atoms with Crippen LogP contribution in [0.1, 0.15) is 19.8 Å². The Morgan fingerprint density at radius 1 is 1.64 bits per heavy atom. The third-order valence-corrected chi connectivity index (χ3v) is 2.81. The fourth-order valence-electron chi connectivity index (χ4n) is 1.83. The molecule has 80 valence electrons. The molecule has 0 aromatic rings. The van der Waals surface area contributed by atoms with E-state index in [4.69, 9.17) is 5.11 Å². The summed E-state index contributed by atoms with van der Waals surface area (Å²) >= 11 is 3.94. The van der Waals surface area contributed by atoms with Crippen LogP contribution in [0.4, 0.5) is 0 Å². The lowest BCUT2D eigenvalue weighted by molar-refractivity contribution is -0.149. The maximum atomic E-state index is 11.7. The predicted molar refractivity (Wildman–Crippen MR) is 55.6 cm³/mol. The smallest absolute Gasteiger partial charge is 0.331 e. The van der Waals surface area contributed by atoms with E-state index in [2.05, 4.69) is 17.9 Å². The number of carbonyl (C=O) groups excluding carboxylic acids is 1. The maximum Gasteiger partial charge on any atom is 0.331 e. The number of rotatable bonds is 4. The Morgan fingerprint density at radius 3 is 2.64 bits per heavy atom. The van der Waals surface area contributed by atoms with Crippen molar-refractivity contribution >= 4 is 24.4 Å². The van der Waals surface area contributed by atoms with Crippen LogP contribution in [-0.4, -0.2) is 34.7 Å². The van der Waals surface area contributed by atoms with Crippen LogP contribution in [0.2, 0.25) is 0 Å². The van der Waals surface area contributed by atoms with Crippen LogP contribution in [0.3, 0.4) is 0 Å². The molecule has 1 heterocycles. The van der Waals surface area contributed by atoms with Gasteiger partial charge in [-0.3, -0.25) is 10.1 Å². The highest BCUT2D eigenvalue weighted by Crippen LogP contribution is 2.26. The number of ketones is 1. The molecule has 5 heteroatoms. The van der Waals surface area contributed by atoms with Crippen molar-refractivity contribution in [2.45, 2.75) is 25.3 Å². The molecule has 0 bridgehead atoms. The molecule has 1 rings (SSSR count). The van der Waals surface area contributed by atoms with Crippen molar-refractivity contribution in [2.75, 3.05) is 12.3 Å². The Balaban J connectivity index is 2.83. The predicted octanol–water partition coefficient (Wildman–Crippen LogP) is 0.328. The molecule has 1 unspecified atom stereocenters. The van der Waals surface area contributed by atoms with Crippen LogP contribution in [0, 0.1) is 5.92 Å². The molecule has 0 aliphatic carbocycles. The van der Waals surface area contributed by atoms with E-state index in [9.17, 15) is 9.59 Å². The number of carboxylic acid groups (broad SMARTS) is 1. The Bertz CT molecular complexity index is 256. The lowest BCUT2D eigenvalue weighted by Crippen LogP contribution is -2.54. The zero-order valence-electron chi connectivity index (χ0n) is 8.12. The zero-order valence-corrected chi connectivity index (χ0v) is 9.01. The van der Waals surface area contributed by atoms with Crippen molar-refractivity contribution in [3.63, 3.8) is 0 Å². The van der Waals surface area contributed by atoms with Gasteiger partial charge >= 0.3 is 5.97 Å². The van der Waals surface area contributed by atoms with E-state index in [0.29, 0.717) is 18.7 Å². The number of thiol groups is 1. The number of hydrogen-bond donors (Lipinski definition) is 3. The van der Waals surface area contributed by atoms with Gasteiger partial charge in [-0.15, -0.1) is 0 Å². The maximum absolute atomic E-state index is 11.7. The van der Waals surface area contributed by atoms with Gasteiger partial charge in [0.15, 0.2) is 11.3 Å². The van der Waals surface area contributed by atoms with Crippen LogP contribution in [0.5, 0.6) is 0 Å². The molecule has 1 fully saturated rings. The highest BCUT2D eigenvalue weighted by atomic mass is 32.1. The van der Waals surface area contributed by atoms with Crippen molar-refractivity contribution in [3.8, 4) is 0 Å². The molecule has 0 aromatic heterocycles. The fourth-order valence-corrected chi connectivity index (χ4v) is 2.03. The highest BCUT2D eigenvalue weighted by Gasteiger charge is 2.49. The van der Waals surface area contributed by atoms with Crippen LogP contribution < -0.4 is 5.32 Å². The second kappa shape index (κ2) is 4.31. The molecule has 0 amide bonds. The van der Waals surface area contributed by atoms with Gasteiger partial charge in [-0.1, -0.05) is 6.92 Å². The van der Waals surface area contributed by atoms with Crippen molar-refractivity contribution in [3.05, 3.63) is 0 Å². The average Bonchev–Trinajstić information content (AvgIpc) is 2.49. The van der Waals surface area contributed by atoms with E-state index in [1.807, 2.05) is 6.92 Å². The van der Waals surface area contributed by atoms with Crippen molar-refractivity contribution in [1.29, 1.82) is 0 Å². The van der Waals surface area contributed by atoms with Gasteiger partial charge in [0.1, 0.15) is 0 Å². The quantitative estimate of drug-likeness (QED) is 0.469. The normalized spacial score (nSPS) is 31.7. The van der Waals surface area contributed by atoms with Gasteiger partial charge in [0, 0.05) is 6.42 Å². The molecule has 0 aromatic carbocycles. The van der Waals surface area contributed by atoms with Crippen LogP contribution >= 0.6 is 12.6 Å². The van der Waals surface area contributed by atoms with Crippen LogP contribution in [-0.2, 0) is 9.59 Å². The van der Waals surface area contributed by atoms with Gasteiger partial charge in [0.2, 0.25) is 0 Å². The number of Topliss-reactive ketones (excluding diaryl/α,β-unsaturated/α-hetero) is 1. The highest BCUT2D eigenvalue weighted by molar-refractivity contribution is 7.80. The molecule has 1 saturated heterocycles. The van der Waals surface area contributed by atoms with Crippen molar-refractivity contribution < 1.29 is 14.7 Å². The SMILES string of the molecule is CC1CN[C@@](C(=O)O)(C(=O)CCS)C1. The Labute approximate surface area is 88.5 Å². The fraction of sp³-hybridized carbons (Fsp3) is 0.778. The van der Waals surface area contributed by atoms with Crippen molar-refractivity contribution in [2.24, 2.45) is 5.92 Å². The van der Waals surface area contributed by atoms with Gasteiger partial charge in [0.25, 0.3) is 0 Å². The van der Waals surface area contributed by atoms with Gasteiger partial charge in [0.05, 0.1) is 0 Å². The Hall–Kier alpha value is -0.550. The number of nitrogens with one attached hydrogen (secondary N) is 1. The summed E-state index contributed by atoms with van der Waals surface area (Å²) in [6.07, 6.45) is 0.587. The molecule has 2 N–H and O–H groups in total. The lowest BCUT2D eigenvalue weighted by Gasteiger charge is -2.22. The summed E-state index contributed by atoms with van der Waals surface area (Å²) in [6.45, 7) is 2.52. The van der Waals surface area contributed by atoms with E-state index in [0.717, 1.165) is 0 Å².